The first kappa shape index (κ1) is 39.5. The number of nitrogens with one attached hydrogen (secondary N) is 5. The Kier molecular flexibility index (Phi) is 13.7. The van der Waals surface area contributed by atoms with Crippen LogP contribution in [0.25, 0.3) is 10.9 Å². The smallest absolute Gasteiger partial charge is 0.475 e. The van der Waals surface area contributed by atoms with Gasteiger partial charge in [-0.25, -0.2) is 14.2 Å². The maximum Gasteiger partial charge on any atom is 0.490 e. The number of benzene rings is 2. The van der Waals surface area contributed by atoms with Crippen LogP contribution < -0.4 is 30.7 Å². The molecule has 23 heteroatoms. The van der Waals surface area contributed by atoms with Gasteiger partial charge in [-0.2, -0.15) is 35.8 Å². The first-order chi connectivity index (χ1) is 23.9. The molecule has 0 bridgehead atoms. The summed E-state index contributed by atoms with van der Waals surface area (Å²) in [6.45, 7) is -7.21. The number of nitrogens with zero attached hydrogens (tertiary/aromatic N) is 2. The SMILES string of the molecule is COC(=O)C[C@H](NC(=O)CNC(=O)c1cc(NC2=NCC(F)CN2)c2cn[nH]c2c1)c1cc(OC(F)F)cc(OC(F)F)c1.O=C(O)C(F)(F)F. The van der Waals surface area contributed by atoms with Crippen LogP contribution in [-0.2, 0) is 19.1 Å². The molecule has 1 aromatic heterocycles. The van der Waals surface area contributed by atoms with Crippen molar-refractivity contribution in [2.75, 3.05) is 32.1 Å². The number of carbonyl (C=O) groups excluding carboxylic acids is 3. The Hall–Kier alpha value is -5.90. The summed E-state index contributed by atoms with van der Waals surface area (Å²) in [7, 11) is 1.07. The number of carboxylic acid groups (broad SMARTS) is 1. The molecule has 2 aromatic carbocycles. The average Bonchev–Trinajstić information content (AvgIpc) is 3.52. The van der Waals surface area contributed by atoms with Crippen LogP contribution in [0, 0.1) is 0 Å². The maximum atomic E-state index is 13.4. The van der Waals surface area contributed by atoms with E-state index in [9.17, 15) is 49.5 Å². The molecule has 2 heterocycles. The molecule has 0 saturated heterocycles. The molecule has 0 saturated carbocycles. The number of hydrogen-bond acceptors (Lipinski definition) is 11. The van der Waals surface area contributed by atoms with Crippen molar-refractivity contribution in [3.8, 4) is 11.5 Å². The molecule has 2 amide bonds. The highest BCUT2D eigenvalue weighted by Crippen LogP contribution is 2.30. The number of carbonyl (C=O) groups is 4. The molecule has 0 radical (unpaired) electrons. The lowest BCUT2D eigenvalue weighted by Crippen LogP contribution is -2.41. The summed E-state index contributed by atoms with van der Waals surface area (Å²) in [6.07, 6.45) is -5.24. The first-order valence-corrected chi connectivity index (χ1v) is 14.1. The number of alkyl halides is 8. The fraction of sp³-hybridized carbons (Fsp3) is 0.357. The number of guanidine groups is 1. The number of carboxylic acids is 1. The van der Waals surface area contributed by atoms with Gasteiger partial charge in [0.25, 0.3) is 5.91 Å². The molecule has 6 N–H and O–H groups in total. The highest BCUT2D eigenvalue weighted by Gasteiger charge is 2.38. The van der Waals surface area contributed by atoms with Crippen molar-refractivity contribution in [2.45, 2.75) is 38.0 Å². The standard InChI is InChI=1S/C26H26F5N7O6.C2HF3O2/c1-42-22(40)7-18(12-2-15(43-24(28)29)6-16(3-12)44-25(30)31)36-21(39)11-32-23(41)13-4-19(17-10-35-38-20(17)5-13)37-26-33-8-14(27)9-34-26;3-2(4,5)1(6)7/h2-6,10,14,18,24-25H,7-9,11H2,1H3,(H,32,41)(H,35,38)(H,36,39)(H2,33,34,37);(H,6,7)/t18-;/m0./s1. The zero-order valence-electron chi connectivity index (χ0n) is 25.8. The number of amides is 2. The molecule has 278 valence electrons. The van der Waals surface area contributed by atoms with E-state index >= 15 is 0 Å². The molecule has 0 aliphatic carbocycles. The number of halogens is 8. The molecule has 0 fully saturated rings. The van der Waals surface area contributed by atoms with Crippen molar-refractivity contribution in [2.24, 2.45) is 4.99 Å². The zero-order valence-corrected chi connectivity index (χ0v) is 25.8. The molecule has 3 aromatic rings. The number of esters is 1. The van der Waals surface area contributed by atoms with Crippen LogP contribution in [0.5, 0.6) is 11.5 Å². The van der Waals surface area contributed by atoms with E-state index < -0.39 is 79.8 Å². The predicted molar refractivity (Wildman–Crippen MR) is 158 cm³/mol. The highest BCUT2D eigenvalue weighted by atomic mass is 19.4. The number of aliphatic carboxylic acids is 1. The van der Waals surface area contributed by atoms with Crippen LogP contribution >= 0.6 is 0 Å². The number of fused-ring (bicyclic) bond motifs is 1. The summed E-state index contributed by atoms with van der Waals surface area (Å²) in [5.74, 6) is -5.94. The number of aromatic nitrogens is 2. The summed E-state index contributed by atoms with van der Waals surface area (Å²) >= 11 is 0. The minimum Gasteiger partial charge on any atom is -0.475 e. The van der Waals surface area contributed by atoms with E-state index in [0.29, 0.717) is 22.5 Å². The number of aromatic amines is 1. The second-order valence-electron chi connectivity index (χ2n) is 10.0. The lowest BCUT2D eigenvalue weighted by Gasteiger charge is -2.20. The number of aliphatic imine (C=N–C) groups is 1. The molecule has 0 spiro atoms. The Morgan fingerprint density at radius 3 is 2.18 bits per heavy atom. The van der Waals surface area contributed by atoms with Crippen LogP contribution in [0.1, 0.15) is 28.4 Å². The van der Waals surface area contributed by atoms with Gasteiger partial charge in [0, 0.05) is 17.0 Å². The fourth-order valence-corrected chi connectivity index (χ4v) is 4.16. The van der Waals surface area contributed by atoms with E-state index in [1.54, 1.807) is 0 Å². The molecule has 1 aliphatic rings. The van der Waals surface area contributed by atoms with Gasteiger partial charge in [-0.15, -0.1) is 0 Å². The van der Waals surface area contributed by atoms with Gasteiger partial charge < -0.3 is 40.6 Å². The van der Waals surface area contributed by atoms with E-state index in [1.165, 1.54) is 18.3 Å². The molecule has 1 unspecified atom stereocenters. The third-order valence-corrected chi connectivity index (χ3v) is 6.35. The van der Waals surface area contributed by atoms with Crippen LogP contribution in [0.2, 0.25) is 0 Å². The van der Waals surface area contributed by atoms with Gasteiger partial charge in [-0.1, -0.05) is 0 Å². The fourth-order valence-electron chi connectivity index (χ4n) is 4.16. The van der Waals surface area contributed by atoms with Crippen LogP contribution in [0.4, 0.5) is 40.8 Å². The van der Waals surface area contributed by atoms with Crippen LogP contribution in [0.15, 0.2) is 41.5 Å². The van der Waals surface area contributed by atoms with Gasteiger partial charge in [0.1, 0.15) is 17.7 Å². The Morgan fingerprint density at radius 2 is 1.65 bits per heavy atom. The maximum absolute atomic E-state index is 13.4. The summed E-state index contributed by atoms with van der Waals surface area (Å²) in [6, 6.07) is 4.46. The molecule has 1 aliphatic heterocycles. The van der Waals surface area contributed by atoms with Crippen molar-refractivity contribution >= 4 is 46.3 Å². The third-order valence-electron chi connectivity index (χ3n) is 6.35. The number of anilines is 1. The molecular weight excluding hydrogens is 714 g/mol. The van der Waals surface area contributed by atoms with Crippen molar-refractivity contribution in [3.05, 3.63) is 47.7 Å². The zero-order chi connectivity index (χ0) is 37.9. The molecule has 51 heavy (non-hydrogen) atoms. The van der Waals surface area contributed by atoms with E-state index in [2.05, 4.69) is 50.7 Å². The van der Waals surface area contributed by atoms with E-state index in [0.717, 1.165) is 25.3 Å². The monoisotopic (exact) mass is 741 g/mol. The lowest BCUT2D eigenvalue weighted by molar-refractivity contribution is -0.192. The van der Waals surface area contributed by atoms with Gasteiger partial charge in [0.15, 0.2) is 5.96 Å². The average molecular weight is 742 g/mol. The third kappa shape index (κ3) is 12.5. The first-order valence-electron chi connectivity index (χ1n) is 14.1. The lowest BCUT2D eigenvalue weighted by atomic mass is 10.0. The number of hydrogen-bond donors (Lipinski definition) is 6. The highest BCUT2D eigenvalue weighted by molar-refractivity contribution is 6.07. The molecule has 15 nitrogen and oxygen atoms in total. The van der Waals surface area contributed by atoms with Crippen molar-refractivity contribution < 1.29 is 73.6 Å². The number of methoxy groups -OCH3 is 1. The van der Waals surface area contributed by atoms with Crippen LogP contribution in [0.3, 0.4) is 0 Å². The molecule has 4 rings (SSSR count). The quantitative estimate of drug-likeness (QED) is 0.117. The summed E-state index contributed by atoms with van der Waals surface area (Å²) in [5, 5.41) is 25.1. The van der Waals surface area contributed by atoms with Gasteiger partial charge in [-0.05, 0) is 29.8 Å². The van der Waals surface area contributed by atoms with E-state index in [4.69, 9.17) is 9.90 Å². The number of H-pyrrole nitrogens is 1. The number of rotatable bonds is 12. The van der Waals surface area contributed by atoms with Crippen molar-refractivity contribution in [1.82, 2.24) is 26.1 Å². The van der Waals surface area contributed by atoms with Gasteiger partial charge in [0.05, 0.1) is 56.6 Å². The van der Waals surface area contributed by atoms with E-state index in [-0.39, 0.29) is 24.2 Å². The second kappa shape index (κ2) is 17.7. The predicted octanol–water partition coefficient (Wildman–Crippen LogP) is 3.26. The van der Waals surface area contributed by atoms with Crippen molar-refractivity contribution in [1.29, 1.82) is 0 Å². The van der Waals surface area contributed by atoms with Crippen molar-refractivity contribution in [3.63, 3.8) is 0 Å². The van der Waals surface area contributed by atoms with Gasteiger partial charge in [0.2, 0.25) is 5.91 Å². The minimum absolute atomic E-state index is 0.0415. The number of ether oxygens (including phenoxy) is 3. The Balaban J connectivity index is 0.000000908. The summed E-state index contributed by atoms with van der Waals surface area (Å²) in [4.78, 5) is 50.8. The van der Waals surface area contributed by atoms with Crippen LogP contribution in [-0.4, -0.2) is 97.3 Å². The minimum atomic E-state index is -5.08. The topological polar surface area (TPSA) is 205 Å². The van der Waals surface area contributed by atoms with E-state index in [1.807, 2.05) is 0 Å². The Morgan fingerprint density at radius 1 is 1.02 bits per heavy atom. The van der Waals surface area contributed by atoms with Gasteiger partial charge >= 0.3 is 31.3 Å². The normalized spacial score (nSPS) is 14.7. The second-order valence-corrected chi connectivity index (χ2v) is 10.0. The Bertz CT molecular complexity index is 1710. The summed E-state index contributed by atoms with van der Waals surface area (Å²) < 4.78 is 110. The molecule has 2 atom stereocenters. The van der Waals surface area contributed by atoms with Gasteiger partial charge in [-0.3, -0.25) is 19.5 Å². The summed E-state index contributed by atoms with van der Waals surface area (Å²) in [5.41, 5.74) is 0.895. The largest absolute Gasteiger partial charge is 0.490 e. The molecular formula is C28H27F8N7O8. The Labute approximate surface area is 280 Å².